The molecule has 1 unspecified atom stereocenters. The number of hydrogen-bond acceptors (Lipinski definition) is 7. The first-order chi connectivity index (χ1) is 19.5. The van der Waals surface area contributed by atoms with E-state index >= 15 is 0 Å². The molecule has 40 heavy (non-hydrogen) atoms. The van der Waals surface area contributed by atoms with Crippen molar-refractivity contribution in [1.29, 1.82) is 0 Å². The van der Waals surface area contributed by atoms with Gasteiger partial charge in [0.2, 0.25) is 5.95 Å². The highest BCUT2D eigenvalue weighted by molar-refractivity contribution is 6.32. The third-order valence-corrected chi connectivity index (χ3v) is 7.55. The molecule has 204 valence electrons. The lowest BCUT2D eigenvalue weighted by Gasteiger charge is -2.20. The van der Waals surface area contributed by atoms with Crippen molar-refractivity contribution in [3.63, 3.8) is 0 Å². The normalized spacial score (nSPS) is 19.6. The first-order valence-corrected chi connectivity index (χ1v) is 13.7. The molecule has 2 aromatic heterocycles. The largest absolute Gasteiger partial charge is 0.339 e. The van der Waals surface area contributed by atoms with Gasteiger partial charge in [0.25, 0.3) is 5.91 Å². The van der Waals surface area contributed by atoms with Crippen molar-refractivity contribution in [2.75, 3.05) is 29.0 Å². The van der Waals surface area contributed by atoms with Gasteiger partial charge in [-0.25, -0.2) is 9.78 Å². The number of hydrogen-bond donors (Lipinski definition) is 4. The van der Waals surface area contributed by atoms with E-state index in [0.29, 0.717) is 47.9 Å². The summed E-state index contributed by atoms with van der Waals surface area (Å²) in [5.41, 5.74) is 3.99. The Hall–Kier alpha value is -4.44. The van der Waals surface area contributed by atoms with Gasteiger partial charge >= 0.3 is 6.03 Å². The number of aryl methyl sites for hydroxylation is 1. The molecule has 3 aliphatic rings. The minimum absolute atomic E-state index is 0.125. The van der Waals surface area contributed by atoms with E-state index in [0.717, 1.165) is 41.9 Å². The van der Waals surface area contributed by atoms with E-state index in [1.807, 2.05) is 24.3 Å². The molecule has 0 saturated carbocycles. The molecule has 11 heteroatoms. The summed E-state index contributed by atoms with van der Waals surface area (Å²) in [6.07, 6.45) is 12.7. The molecule has 1 aliphatic carbocycles. The molecule has 6 bridgehead atoms. The lowest BCUT2D eigenvalue weighted by atomic mass is 9.91. The van der Waals surface area contributed by atoms with Crippen LogP contribution in [0.4, 0.5) is 27.9 Å². The average Bonchev–Trinajstić information content (AvgIpc) is 3.43. The Kier molecular flexibility index (Phi) is 7.33. The van der Waals surface area contributed by atoms with E-state index in [9.17, 15) is 9.59 Å². The number of halogens is 1. The van der Waals surface area contributed by atoms with E-state index < -0.39 is 0 Å². The zero-order chi connectivity index (χ0) is 27.5. The maximum atomic E-state index is 13.0. The van der Waals surface area contributed by atoms with E-state index in [2.05, 4.69) is 48.4 Å². The molecule has 1 aromatic carbocycles. The fourth-order valence-electron chi connectivity index (χ4n) is 5.23. The van der Waals surface area contributed by atoms with Crippen LogP contribution < -0.4 is 21.3 Å². The van der Waals surface area contributed by atoms with Crippen LogP contribution in [0.5, 0.6) is 0 Å². The lowest BCUT2D eigenvalue weighted by Crippen LogP contribution is -2.40. The van der Waals surface area contributed by atoms with Crippen molar-refractivity contribution in [3.8, 4) is 0 Å². The minimum atomic E-state index is -0.299. The summed E-state index contributed by atoms with van der Waals surface area (Å²) in [5.74, 6) is 1.19. The maximum absolute atomic E-state index is 13.0. The molecule has 4 N–H and O–H groups in total. The molecule has 1 fully saturated rings. The Morgan fingerprint density at radius 3 is 2.90 bits per heavy atom. The lowest BCUT2D eigenvalue weighted by molar-refractivity contribution is 0.0783. The second kappa shape index (κ2) is 11.4. The molecule has 2 atom stereocenters. The minimum Gasteiger partial charge on any atom is -0.339 e. The quantitative estimate of drug-likeness (QED) is 0.353. The Labute approximate surface area is 237 Å². The molecular formula is C29H29ClN8O2. The number of likely N-dealkylation sites (tertiary alicyclic amines) is 1. The fourth-order valence-corrected chi connectivity index (χ4v) is 5.37. The molecule has 6 rings (SSSR count). The molecule has 3 amide bonds. The molecule has 0 spiro atoms. The van der Waals surface area contributed by atoms with Crippen LogP contribution >= 0.6 is 11.6 Å². The van der Waals surface area contributed by atoms with Crippen molar-refractivity contribution in [2.45, 2.75) is 31.7 Å². The van der Waals surface area contributed by atoms with Crippen molar-refractivity contribution in [3.05, 3.63) is 89.0 Å². The third kappa shape index (κ3) is 5.91. The summed E-state index contributed by atoms with van der Waals surface area (Å²) in [6, 6.07) is 10.6. The SMILES string of the molecule is O=C(Nc1ccc2cc1CCC1C=CC=C(C1)Nc1ncc(Cl)c(n1)N2)N[C@H]1CCN(C(=O)c2ccccn2)C1. The highest BCUT2D eigenvalue weighted by Crippen LogP contribution is 2.31. The van der Waals surface area contributed by atoms with Crippen LogP contribution in [-0.2, 0) is 6.42 Å². The van der Waals surface area contributed by atoms with E-state index in [1.54, 1.807) is 35.5 Å². The summed E-state index contributed by atoms with van der Waals surface area (Å²) in [5, 5.41) is 13.1. The number of carbonyl (C=O) groups excluding carboxylic acids is 2. The van der Waals surface area contributed by atoms with Crippen LogP contribution in [0.2, 0.25) is 5.02 Å². The Morgan fingerprint density at radius 2 is 2.02 bits per heavy atom. The van der Waals surface area contributed by atoms with Gasteiger partial charge in [-0.15, -0.1) is 0 Å². The number of nitrogens with one attached hydrogen (secondary N) is 4. The van der Waals surface area contributed by atoms with Gasteiger partial charge in [-0.2, -0.15) is 4.98 Å². The number of rotatable bonds is 3. The highest BCUT2D eigenvalue weighted by Gasteiger charge is 2.28. The molecule has 0 radical (unpaired) electrons. The number of pyridine rings is 1. The fraction of sp³-hybridized carbons (Fsp3) is 0.276. The van der Waals surface area contributed by atoms with E-state index in [1.165, 1.54) is 0 Å². The van der Waals surface area contributed by atoms with Gasteiger partial charge in [0.05, 0.1) is 6.20 Å². The zero-order valence-electron chi connectivity index (χ0n) is 21.7. The van der Waals surface area contributed by atoms with Crippen LogP contribution in [0.3, 0.4) is 0 Å². The van der Waals surface area contributed by atoms with Gasteiger partial charge in [-0.05, 0) is 73.6 Å². The van der Waals surface area contributed by atoms with Crippen LogP contribution in [0.1, 0.15) is 35.3 Å². The maximum Gasteiger partial charge on any atom is 0.319 e. The van der Waals surface area contributed by atoms with Gasteiger partial charge in [-0.3, -0.25) is 9.78 Å². The molecule has 10 nitrogen and oxygen atoms in total. The monoisotopic (exact) mass is 556 g/mol. The molecule has 4 heterocycles. The predicted molar refractivity (Wildman–Crippen MR) is 155 cm³/mol. The molecule has 2 aliphatic heterocycles. The highest BCUT2D eigenvalue weighted by atomic mass is 35.5. The smallest absolute Gasteiger partial charge is 0.319 e. The summed E-state index contributed by atoms with van der Waals surface area (Å²) in [6.45, 7) is 1.01. The number of anilines is 4. The second-order valence-electron chi connectivity index (χ2n) is 10.1. The molecule has 1 saturated heterocycles. The topological polar surface area (TPSA) is 124 Å². The number of allylic oxidation sites excluding steroid dienone is 4. The number of benzene rings is 1. The first-order valence-electron chi connectivity index (χ1n) is 13.3. The predicted octanol–water partition coefficient (Wildman–Crippen LogP) is 5.12. The average molecular weight is 557 g/mol. The standard InChI is InChI=1S/C29H29ClN8O2/c30-23-16-32-28-34-20-5-3-4-18(14-20)7-8-19-15-21(33-26(23)37-28)9-10-24(19)36-29(40)35-22-11-13-38(17-22)27(39)25-6-1-2-12-31-25/h1-6,9-10,12,15-16,18,22H,7-8,11,13-14,17H2,(H2,35,36,40)(H2,32,33,34,37)/t18?,22-/m0/s1. The van der Waals surface area contributed by atoms with Crippen molar-refractivity contribution >= 4 is 46.7 Å². The van der Waals surface area contributed by atoms with Crippen LogP contribution in [0.25, 0.3) is 0 Å². The van der Waals surface area contributed by atoms with Gasteiger partial charge in [-0.1, -0.05) is 29.8 Å². The third-order valence-electron chi connectivity index (χ3n) is 7.27. The van der Waals surface area contributed by atoms with E-state index in [4.69, 9.17) is 11.6 Å². The molecule has 3 aromatic rings. The first kappa shape index (κ1) is 25.8. The number of urea groups is 1. The van der Waals surface area contributed by atoms with Gasteiger partial charge < -0.3 is 26.2 Å². The Balaban J connectivity index is 1.16. The van der Waals surface area contributed by atoms with Crippen LogP contribution in [0, 0.1) is 5.92 Å². The molecular weight excluding hydrogens is 528 g/mol. The summed E-state index contributed by atoms with van der Waals surface area (Å²) in [7, 11) is 0. The van der Waals surface area contributed by atoms with Gasteiger partial charge in [0.15, 0.2) is 5.82 Å². The number of nitrogens with zero attached hydrogens (tertiary/aromatic N) is 4. The van der Waals surface area contributed by atoms with E-state index in [-0.39, 0.29) is 18.0 Å². The summed E-state index contributed by atoms with van der Waals surface area (Å²) < 4.78 is 0. The Morgan fingerprint density at radius 1 is 1.10 bits per heavy atom. The van der Waals surface area contributed by atoms with Crippen LogP contribution in [-0.4, -0.2) is 50.9 Å². The van der Waals surface area contributed by atoms with Gasteiger partial charge in [0.1, 0.15) is 10.7 Å². The number of fused-ring (bicyclic) bond motifs is 6. The number of aromatic nitrogens is 3. The zero-order valence-corrected chi connectivity index (χ0v) is 22.5. The summed E-state index contributed by atoms with van der Waals surface area (Å²) >= 11 is 6.38. The number of carbonyl (C=O) groups is 2. The second-order valence-corrected chi connectivity index (χ2v) is 10.5. The number of amides is 3. The van der Waals surface area contributed by atoms with Gasteiger partial charge in [0, 0.05) is 42.4 Å². The van der Waals surface area contributed by atoms with Crippen molar-refractivity contribution in [2.24, 2.45) is 5.92 Å². The van der Waals surface area contributed by atoms with Crippen LogP contribution in [0.15, 0.2) is 72.7 Å². The summed E-state index contributed by atoms with van der Waals surface area (Å²) in [4.78, 5) is 40.5. The van der Waals surface area contributed by atoms with Crippen molar-refractivity contribution in [1.82, 2.24) is 25.2 Å². The van der Waals surface area contributed by atoms with Crippen molar-refractivity contribution < 1.29 is 9.59 Å². The Bertz CT molecular complexity index is 1490.